The molecule has 0 aliphatic carbocycles. The molecule has 28 heavy (non-hydrogen) atoms. The van der Waals surface area contributed by atoms with Crippen molar-refractivity contribution in [2.24, 2.45) is 5.92 Å². The van der Waals surface area contributed by atoms with Crippen molar-refractivity contribution >= 4 is 22.6 Å². The first-order chi connectivity index (χ1) is 13.5. The number of ether oxygens (including phenoxy) is 1. The molecule has 0 radical (unpaired) electrons. The van der Waals surface area contributed by atoms with Crippen molar-refractivity contribution in [1.29, 1.82) is 0 Å². The standard InChI is InChI=1S/C22H26N4O2/c1-15(2)13-25-10-11-26-19-9-8-16(12-18(19)24-21(26)14-25)23-22(27)17-6-4-5-7-20(17)28-3/h4-9,12,15H,10-11,13-14H2,1-3H3,(H,23,27). The number of para-hydroxylation sites is 1. The van der Waals surface area contributed by atoms with Gasteiger partial charge in [0.25, 0.3) is 5.91 Å². The van der Waals surface area contributed by atoms with E-state index in [0.717, 1.165) is 48.7 Å². The second-order valence-corrected chi connectivity index (χ2v) is 7.67. The summed E-state index contributed by atoms with van der Waals surface area (Å²) in [6.07, 6.45) is 0. The van der Waals surface area contributed by atoms with Crippen LogP contribution in [0.1, 0.15) is 30.0 Å². The first-order valence-corrected chi connectivity index (χ1v) is 9.71. The zero-order valence-corrected chi connectivity index (χ0v) is 16.6. The maximum Gasteiger partial charge on any atom is 0.259 e. The van der Waals surface area contributed by atoms with Gasteiger partial charge in [0.15, 0.2) is 0 Å². The quantitative estimate of drug-likeness (QED) is 0.734. The number of benzene rings is 2. The summed E-state index contributed by atoms with van der Waals surface area (Å²) in [6.45, 7) is 8.44. The van der Waals surface area contributed by atoms with Gasteiger partial charge in [0.05, 0.1) is 30.3 Å². The highest BCUT2D eigenvalue weighted by atomic mass is 16.5. The van der Waals surface area contributed by atoms with E-state index in [0.29, 0.717) is 17.2 Å². The lowest BCUT2D eigenvalue weighted by Crippen LogP contribution is -2.36. The number of fused-ring (bicyclic) bond motifs is 3. The van der Waals surface area contributed by atoms with Gasteiger partial charge in [0.1, 0.15) is 11.6 Å². The van der Waals surface area contributed by atoms with Crippen molar-refractivity contribution in [3.05, 3.63) is 53.9 Å². The van der Waals surface area contributed by atoms with Crippen LogP contribution in [0.4, 0.5) is 5.69 Å². The Morgan fingerprint density at radius 1 is 1.21 bits per heavy atom. The van der Waals surface area contributed by atoms with E-state index < -0.39 is 0 Å². The zero-order valence-electron chi connectivity index (χ0n) is 16.6. The summed E-state index contributed by atoms with van der Waals surface area (Å²) in [6, 6.07) is 13.1. The maximum absolute atomic E-state index is 12.6. The van der Waals surface area contributed by atoms with Gasteiger partial charge in [-0.3, -0.25) is 9.69 Å². The Hall–Kier alpha value is -2.86. The Balaban J connectivity index is 1.56. The van der Waals surface area contributed by atoms with Crippen LogP contribution in [-0.2, 0) is 13.1 Å². The number of hydrogen-bond donors (Lipinski definition) is 1. The molecule has 1 amide bonds. The van der Waals surface area contributed by atoms with Gasteiger partial charge in [-0.1, -0.05) is 26.0 Å². The van der Waals surface area contributed by atoms with Gasteiger partial charge in [-0.2, -0.15) is 0 Å². The highest BCUT2D eigenvalue weighted by Crippen LogP contribution is 2.25. The smallest absolute Gasteiger partial charge is 0.259 e. The summed E-state index contributed by atoms with van der Waals surface area (Å²) < 4.78 is 7.58. The first-order valence-electron chi connectivity index (χ1n) is 9.71. The van der Waals surface area contributed by atoms with Crippen LogP contribution in [0.25, 0.3) is 11.0 Å². The number of nitrogens with one attached hydrogen (secondary N) is 1. The fourth-order valence-corrected chi connectivity index (χ4v) is 3.85. The Bertz CT molecular complexity index is 1010. The number of hydrogen-bond acceptors (Lipinski definition) is 4. The summed E-state index contributed by atoms with van der Waals surface area (Å²) in [5.74, 6) is 2.11. The SMILES string of the molecule is COc1ccccc1C(=O)Nc1ccc2c(c1)nc1n2CCN(CC(C)C)C1. The van der Waals surface area contributed by atoms with E-state index in [1.165, 1.54) is 0 Å². The summed E-state index contributed by atoms with van der Waals surface area (Å²) in [5, 5.41) is 2.96. The summed E-state index contributed by atoms with van der Waals surface area (Å²) in [5.41, 5.74) is 3.28. The molecule has 4 rings (SSSR count). The van der Waals surface area contributed by atoms with Crippen molar-refractivity contribution in [2.45, 2.75) is 26.9 Å². The van der Waals surface area contributed by atoms with Crippen molar-refractivity contribution in [3.8, 4) is 5.75 Å². The molecule has 1 aromatic heterocycles. The lowest BCUT2D eigenvalue weighted by Gasteiger charge is -2.29. The highest BCUT2D eigenvalue weighted by molar-refractivity contribution is 6.06. The van der Waals surface area contributed by atoms with E-state index in [9.17, 15) is 4.79 Å². The van der Waals surface area contributed by atoms with E-state index in [-0.39, 0.29) is 5.91 Å². The molecule has 3 aromatic rings. The molecular weight excluding hydrogens is 352 g/mol. The number of carbonyl (C=O) groups excluding carboxylic acids is 1. The van der Waals surface area contributed by atoms with Gasteiger partial charge in [0.2, 0.25) is 0 Å². The predicted molar refractivity (Wildman–Crippen MR) is 111 cm³/mol. The minimum Gasteiger partial charge on any atom is -0.496 e. The lowest BCUT2D eigenvalue weighted by atomic mass is 10.2. The average molecular weight is 378 g/mol. The second kappa shape index (κ2) is 7.64. The van der Waals surface area contributed by atoms with E-state index >= 15 is 0 Å². The van der Waals surface area contributed by atoms with Crippen molar-refractivity contribution in [3.63, 3.8) is 0 Å². The van der Waals surface area contributed by atoms with E-state index in [1.807, 2.05) is 30.3 Å². The minimum atomic E-state index is -0.191. The molecule has 0 fully saturated rings. The topological polar surface area (TPSA) is 59.4 Å². The molecular formula is C22H26N4O2. The predicted octanol–water partition coefficient (Wildman–Crippen LogP) is 3.77. The van der Waals surface area contributed by atoms with Gasteiger partial charge in [-0.25, -0.2) is 4.98 Å². The zero-order chi connectivity index (χ0) is 19.7. The van der Waals surface area contributed by atoms with Crippen LogP contribution >= 0.6 is 0 Å². The van der Waals surface area contributed by atoms with Crippen LogP contribution in [0.3, 0.4) is 0 Å². The summed E-state index contributed by atoms with van der Waals surface area (Å²) >= 11 is 0. The normalized spacial score (nSPS) is 14.3. The fraction of sp³-hybridized carbons (Fsp3) is 0.364. The molecule has 0 atom stereocenters. The molecule has 1 N–H and O–H groups in total. The van der Waals surface area contributed by atoms with Gasteiger partial charge >= 0.3 is 0 Å². The molecule has 2 aromatic carbocycles. The fourth-order valence-electron chi connectivity index (χ4n) is 3.85. The van der Waals surface area contributed by atoms with Gasteiger partial charge < -0.3 is 14.6 Å². The Morgan fingerprint density at radius 2 is 2.04 bits per heavy atom. The summed E-state index contributed by atoms with van der Waals surface area (Å²) in [4.78, 5) is 19.9. The molecule has 6 nitrogen and oxygen atoms in total. The van der Waals surface area contributed by atoms with Crippen molar-refractivity contribution in [2.75, 3.05) is 25.5 Å². The average Bonchev–Trinajstić information content (AvgIpc) is 3.04. The van der Waals surface area contributed by atoms with Crippen LogP contribution in [-0.4, -0.2) is 40.6 Å². The number of rotatable bonds is 5. The van der Waals surface area contributed by atoms with E-state index in [2.05, 4.69) is 28.6 Å². The third kappa shape index (κ3) is 3.60. The molecule has 2 heterocycles. The molecule has 1 aliphatic heterocycles. The lowest BCUT2D eigenvalue weighted by molar-refractivity contribution is 0.102. The van der Waals surface area contributed by atoms with Crippen LogP contribution in [0, 0.1) is 5.92 Å². The Kier molecular flexibility index (Phi) is 5.05. The molecule has 0 spiro atoms. The van der Waals surface area contributed by atoms with Crippen LogP contribution < -0.4 is 10.1 Å². The van der Waals surface area contributed by atoms with Crippen LogP contribution in [0.2, 0.25) is 0 Å². The molecule has 146 valence electrons. The monoisotopic (exact) mass is 378 g/mol. The van der Waals surface area contributed by atoms with Crippen molar-refractivity contribution in [1.82, 2.24) is 14.5 Å². The number of amides is 1. The van der Waals surface area contributed by atoms with Gasteiger partial charge in [-0.05, 0) is 36.2 Å². The second-order valence-electron chi connectivity index (χ2n) is 7.67. The molecule has 0 saturated carbocycles. The number of aromatic nitrogens is 2. The third-order valence-electron chi connectivity index (χ3n) is 5.06. The van der Waals surface area contributed by atoms with Gasteiger partial charge in [-0.15, -0.1) is 0 Å². The molecule has 0 unspecified atom stereocenters. The number of anilines is 1. The molecule has 0 bridgehead atoms. The molecule has 6 heteroatoms. The highest BCUT2D eigenvalue weighted by Gasteiger charge is 2.21. The molecule has 1 aliphatic rings. The van der Waals surface area contributed by atoms with Crippen LogP contribution in [0.5, 0.6) is 5.75 Å². The molecule has 0 saturated heterocycles. The maximum atomic E-state index is 12.6. The number of nitrogens with zero attached hydrogens (tertiary/aromatic N) is 3. The number of carbonyl (C=O) groups is 1. The Morgan fingerprint density at radius 3 is 2.82 bits per heavy atom. The summed E-state index contributed by atoms with van der Waals surface area (Å²) in [7, 11) is 1.57. The largest absolute Gasteiger partial charge is 0.496 e. The van der Waals surface area contributed by atoms with E-state index in [4.69, 9.17) is 9.72 Å². The van der Waals surface area contributed by atoms with E-state index in [1.54, 1.807) is 19.2 Å². The number of methoxy groups -OCH3 is 1. The Labute approximate surface area is 165 Å². The first kappa shape index (κ1) is 18.5. The van der Waals surface area contributed by atoms with Gasteiger partial charge in [0, 0.05) is 25.3 Å². The van der Waals surface area contributed by atoms with Crippen LogP contribution in [0.15, 0.2) is 42.5 Å². The van der Waals surface area contributed by atoms with Crippen molar-refractivity contribution < 1.29 is 9.53 Å². The number of imidazole rings is 1. The minimum absolute atomic E-state index is 0.191. The third-order valence-corrected chi connectivity index (χ3v) is 5.06.